The number of sulfone groups is 1. The summed E-state index contributed by atoms with van der Waals surface area (Å²) in [4.78, 5) is 12.3. The summed E-state index contributed by atoms with van der Waals surface area (Å²) in [6.07, 6.45) is 5.86. The zero-order chi connectivity index (χ0) is 15.3. The second-order valence-corrected chi connectivity index (χ2v) is 8.19. The Kier molecular flexibility index (Phi) is 3.20. The Labute approximate surface area is 123 Å². The average molecular weight is 310 g/mol. The lowest BCUT2D eigenvalue weighted by atomic mass is 9.68. The van der Waals surface area contributed by atoms with Crippen molar-refractivity contribution in [2.45, 2.75) is 30.6 Å². The van der Waals surface area contributed by atoms with E-state index >= 15 is 0 Å². The van der Waals surface area contributed by atoms with Crippen molar-refractivity contribution in [3.63, 3.8) is 0 Å². The molecule has 1 saturated heterocycles. The second kappa shape index (κ2) is 4.69. The van der Waals surface area contributed by atoms with Gasteiger partial charge in [0, 0.05) is 31.1 Å². The van der Waals surface area contributed by atoms with Crippen LogP contribution in [0.3, 0.4) is 0 Å². The predicted octanol–water partition coefficient (Wildman–Crippen LogP) is 2.38. The molecule has 3 rings (SSSR count). The molecule has 2 fully saturated rings. The molecule has 1 spiro atoms. The summed E-state index contributed by atoms with van der Waals surface area (Å²) in [5.74, 6) is 0. The molecule has 1 aliphatic carbocycles. The minimum Gasteiger partial charge on any atom is -0.371 e. The number of hydrogen-bond acceptors (Lipinski definition) is 5. The summed E-state index contributed by atoms with van der Waals surface area (Å²) >= 11 is 0. The van der Waals surface area contributed by atoms with Crippen molar-refractivity contribution in [2.24, 2.45) is 5.41 Å². The number of anilines is 1. The third kappa shape index (κ3) is 2.50. The van der Waals surface area contributed by atoms with E-state index in [2.05, 4.69) is 4.90 Å². The van der Waals surface area contributed by atoms with Gasteiger partial charge in [0.25, 0.3) is 5.69 Å². The Morgan fingerprint density at radius 3 is 2.48 bits per heavy atom. The highest BCUT2D eigenvalue weighted by Crippen LogP contribution is 2.49. The van der Waals surface area contributed by atoms with E-state index in [4.69, 9.17) is 0 Å². The predicted molar refractivity (Wildman–Crippen MR) is 79.3 cm³/mol. The maximum atomic E-state index is 11.8. The van der Waals surface area contributed by atoms with Crippen LogP contribution < -0.4 is 4.90 Å². The van der Waals surface area contributed by atoms with Crippen molar-refractivity contribution >= 4 is 21.2 Å². The third-order valence-electron chi connectivity index (χ3n) is 4.76. The molecule has 1 aromatic rings. The summed E-state index contributed by atoms with van der Waals surface area (Å²) in [5, 5.41) is 11.0. The SMILES string of the molecule is CS(=O)(=O)c1cc(N2CCC3(CCC3)C2)ccc1[N+](=O)[O-]. The van der Waals surface area contributed by atoms with Crippen LogP contribution in [0, 0.1) is 15.5 Å². The van der Waals surface area contributed by atoms with Gasteiger partial charge >= 0.3 is 0 Å². The molecule has 21 heavy (non-hydrogen) atoms. The number of benzene rings is 1. The first-order valence-electron chi connectivity index (χ1n) is 7.04. The van der Waals surface area contributed by atoms with Crippen LogP contribution in [0.15, 0.2) is 23.1 Å². The fourth-order valence-corrected chi connectivity index (χ4v) is 4.25. The first-order chi connectivity index (χ1) is 9.81. The molecule has 0 radical (unpaired) electrons. The minimum atomic E-state index is -3.62. The maximum Gasteiger partial charge on any atom is 0.288 e. The highest BCUT2D eigenvalue weighted by molar-refractivity contribution is 7.90. The van der Waals surface area contributed by atoms with Gasteiger partial charge in [-0.2, -0.15) is 0 Å². The Morgan fingerprint density at radius 2 is 2.00 bits per heavy atom. The van der Waals surface area contributed by atoms with Gasteiger partial charge in [-0.15, -0.1) is 0 Å². The van der Waals surface area contributed by atoms with Crippen LogP contribution in [-0.4, -0.2) is 32.7 Å². The number of nitro benzene ring substituents is 1. The van der Waals surface area contributed by atoms with E-state index in [0.717, 1.165) is 31.5 Å². The fourth-order valence-electron chi connectivity index (χ4n) is 3.39. The van der Waals surface area contributed by atoms with Crippen molar-refractivity contribution in [3.8, 4) is 0 Å². The van der Waals surface area contributed by atoms with E-state index in [-0.39, 0.29) is 10.6 Å². The van der Waals surface area contributed by atoms with Gasteiger partial charge in [-0.25, -0.2) is 8.42 Å². The van der Waals surface area contributed by atoms with E-state index in [9.17, 15) is 18.5 Å². The average Bonchev–Trinajstić information content (AvgIpc) is 2.82. The van der Waals surface area contributed by atoms with Crippen LogP contribution in [0.4, 0.5) is 11.4 Å². The topological polar surface area (TPSA) is 80.5 Å². The molecule has 6 nitrogen and oxygen atoms in total. The zero-order valence-corrected chi connectivity index (χ0v) is 12.7. The van der Waals surface area contributed by atoms with Gasteiger partial charge in [0.05, 0.1) is 4.92 Å². The second-order valence-electron chi connectivity index (χ2n) is 6.21. The Balaban J connectivity index is 1.96. The van der Waals surface area contributed by atoms with Crippen LogP contribution in [0.2, 0.25) is 0 Å². The van der Waals surface area contributed by atoms with E-state index in [0.29, 0.717) is 5.41 Å². The van der Waals surface area contributed by atoms with Crippen LogP contribution in [0.1, 0.15) is 25.7 Å². The van der Waals surface area contributed by atoms with E-state index in [1.807, 2.05) is 0 Å². The Bertz CT molecular complexity index is 695. The van der Waals surface area contributed by atoms with Crippen LogP contribution >= 0.6 is 0 Å². The maximum absolute atomic E-state index is 11.8. The smallest absolute Gasteiger partial charge is 0.288 e. The van der Waals surface area contributed by atoms with Gasteiger partial charge in [-0.3, -0.25) is 10.1 Å². The molecule has 0 aromatic heterocycles. The quantitative estimate of drug-likeness (QED) is 0.632. The first-order valence-corrected chi connectivity index (χ1v) is 8.93. The van der Waals surface area contributed by atoms with Gasteiger partial charge in [-0.1, -0.05) is 6.42 Å². The monoisotopic (exact) mass is 310 g/mol. The number of hydrogen-bond donors (Lipinski definition) is 0. The zero-order valence-electron chi connectivity index (χ0n) is 11.9. The lowest BCUT2D eigenvalue weighted by Gasteiger charge is -2.38. The van der Waals surface area contributed by atoms with E-state index < -0.39 is 14.8 Å². The normalized spacial score (nSPS) is 20.5. The Hall–Kier alpha value is -1.63. The minimum absolute atomic E-state index is 0.195. The van der Waals surface area contributed by atoms with E-state index in [1.54, 1.807) is 6.07 Å². The van der Waals surface area contributed by atoms with Crippen molar-refractivity contribution in [1.29, 1.82) is 0 Å². The molecule has 1 aliphatic heterocycles. The van der Waals surface area contributed by atoms with Crippen molar-refractivity contribution in [2.75, 3.05) is 24.2 Å². The molecule has 1 aromatic carbocycles. The van der Waals surface area contributed by atoms with Crippen LogP contribution in [-0.2, 0) is 9.84 Å². The van der Waals surface area contributed by atoms with Gasteiger partial charge in [0.2, 0.25) is 0 Å². The van der Waals surface area contributed by atoms with Gasteiger partial charge < -0.3 is 4.90 Å². The molecular weight excluding hydrogens is 292 g/mol. The van der Waals surface area contributed by atoms with Crippen LogP contribution in [0.25, 0.3) is 0 Å². The first kappa shape index (κ1) is 14.3. The molecule has 0 unspecified atom stereocenters. The molecule has 7 heteroatoms. The van der Waals surface area contributed by atoms with Crippen molar-refractivity contribution < 1.29 is 13.3 Å². The van der Waals surface area contributed by atoms with Crippen molar-refractivity contribution in [3.05, 3.63) is 28.3 Å². The largest absolute Gasteiger partial charge is 0.371 e. The van der Waals surface area contributed by atoms with E-state index in [1.165, 1.54) is 31.4 Å². The molecule has 0 atom stereocenters. The summed E-state index contributed by atoms with van der Waals surface area (Å²) in [6, 6.07) is 4.41. The summed E-state index contributed by atoms with van der Waals surface area (Å²) in [5.41, 5.74) is 0.816. The molecule has 0 bridgehead atoms. The third-order valence-corrected chi connectivity index (χ3v) is 5.88. The van der Waals surface area contributed by atoms with Gasteiger partial charge in [0.1, 0.15) is 4.90 Å². The highest BCUT2D eigenvalue weighted by Gasteiger charge is 2.43. The summed E-state index contributed by atoms with van der Waals surface area (Å²) in [7, 11) is -3.62. The van der Waals surface area contributed by atoms with Gasteiger partial charge in [0.15, 0.2) is 9.84 Å². The van der Waals surface area contributed by atoms with Gasteiger partial charge in [-0.05, 0) is 36.8 Å². The standard InChI is InChI=1S/C14H18N2O4S/c1-21(19,20)13-9-11(3-4-12(13)16(17)18)15-8-7-14(10-15)5-2-6-14/h3-4,9H,2,5-8,10H2,1H3. The molecule has 1 heterocycles. The lowest BCUT2D eigenvalue weighted by molar-refractivity contribution is -0.387. The molecular formula is C14H18N2O4S. The molecule has 1 saturated carbocycles. The molecule has 0 N–H and O–H groups in total. The fraction of sp³-hybridized carbons (Fsp3) is 0.571. The number of rotatable bonds is 3. The summed E-state index contributed by atoms with van der Waals surface area (Å²) in [6.45, 7) is 1.81. The van der Waals surface area contributed by atoms with Crippen LogP contribution in [0.5, 0.6) is 0 Å². The molecule has 0 amide bonds. The molecule has 114 valence electrons. The highest BCUT2D eigenvalue weighted by atomic mass is 32.2. The Morgan fingerprint density at radius 1 is 1.29 bits per heavy atom. The number of nitro groups is 1. The van der Waals surface area contributed by atoms with Crippen molar-refractivity contribution in [1.82, 2.24) is 0 Å². The summed E-state index contributed by atoms with van der Waals surface area (Å²) < 4.78 is 23.6. The lowest BCUT2D eigenvalue weighted by Crippen LogP contribution is -2.33. The number of nitrogens with zero attached hydrogens (tertiary/aromatic N) is 2. The molecule has 2 aliphatic rings.